The van der Waals surface area contributed by atoms with Gasteiger partial charge in [0.25, 0.3) is 5.91 Å². The summed E-state index contributed by atoms with van der Waals surface area (Å²) in [6, 6.07) is 14.1. The van der Waals surface area contributed by atoms with Crippen LogP contribution in [0.25, 0.3) is 0 Å². The second kappa shape index (κ2) is 9.54. The molecule has 3 heterocycles. The number of nitrogens with zero attached hydrogens (tertiary/aromatic N) is 4. The van der Waals surface area contributed by atoms with Crippen LogP contribution in [0.2, 0.25) is 0 Å². The highest BCUT2D eigenvalue weighted by Gasteiger charge is 2.17. The Morgan fingerprint density at radius 2 is 1.93 bits per heavy atom. The van der Waals surface area contributed by atoms with E-state index in [0.29, 0.717) is 18.7 Å². The minimum absolute atomic E-state index is 0.101. The van der Waals surface area contributed by atoms with Crippen LogP contribution in [0.3, 0.4) is 0 Å². The van der Waals surface area contributed by atoms with Crippen LogP contribution in [-0.2, 0) is 24.2 Å². The average Bonchev–Trinajstić information content (AvgIpc) is 3.21. The number of anilines is 1. The first-order valence-electron chi connectivity index (χ1n) is 10.4. The largest absolute Gasteiger partial charge is 0.378 e. The lowest BCUT2D eigenvalue weighted by Crippen LogP contribution is -2.36. The minimum Gasteiger partial charge on any atom is -0.378 e. The van der Waals surface area contributed by atoms with Crippen LogP contribution in [0, 0.1) is 0 Å². The Morgan fingerprint density at radius 3 is 2.70 bits per heavy atom. The Hall–Kier alpha value is -3.19. The van der Waals surface area contributed by atoms with Crippen LogP contribution < -0.4 is 10.2 Å². The highest BCUT2D eigenvalue weighted by Crippen LogP contribution is 2.15. The summed E-state index contributed by atoms with van der Waals surface area (Å²) in [6.45, 7) is 6.26. The first-order valence-corrected chi connectivity index (χ1v) is 10.4. The Kier molecular flexibility index (Phi) is 6.39. The van der Waals surface area contributed by atoms with Gasteiger partial charge in [0.2, 0.25) is 0 Å². The lowest BCUT2D eigenvalue weighted by Gasteiger charge is -2.28. The van der Waals surface area contributed by atoms with Crippen molar-refractivity contribution in [3.63, 3.8) is 0 Å². The molecule has 7 nitrogen and oxygen atoms in total. The number of aromatic nitrogens is 3. The molecule has 3 aromatic rings. The molecular weight excluding hydrogens is 378 g/mol. The average molecular weight is 406 g/mol. The fourth-order valence-corrected chi connectivity index (χ4v) is 3.68. The fraction of sp³-hybridized carbons (Fsp3) is 0.348. The van der Waals surface area contributed by atoms with Crippen molar-refractivity contribution in [2.75, 3.05) is 31.2 Å². The van der Waals surface area contributed by atoms with E-state index in [0.717, 1.165) is 55.4 Å². The minimum atomic E-state index is -0.101. The van der Waals surface area contributed by atoms with E-state index in [-0.39, 0.29) is 5.91 Å². The van der Waals surface area contributed by atoms with E-state index in [4.69, 9.17) is 4.74 Å². The number of rotatable bonds is 7. The zero-order chi connectivity index (χ0) is 20.8. The summed E-state index contributed by atoms with van der Waals surface area (Å²) < 4.78 is 7.32. The third kappa shape index (κ3) is 4.68. The van der Waals surface area contributed by atoms with Gasteiger partial charge in [0.05, 0.1) is 37.2 Å². The number of amides is 1. The number of benzene rings is 1. The lowest BCUT2D eigenvalue weighted by atomic mass is 10.1. The molecule has 2 aromatic heterocycles. The monoisotopic (exact) mass is 405 g/mol. The smallest absolute Gasteiger partial charge is 0.255 e. The summed E-state index contributed by atoms with van der Waals surface area (Å²) in [5.41, 5.74) is 3.76. The molecule has 1 aliphatic rings. The molecule has 0 unspecified atom stereocenters. The third-order valence-corrected chi connectivity index (χ3v) is 5.30. The molecule has 0 saturated carbocycles. The number of pyridine rings is 1. The van der Waals surface area contributed by atoms with E-state index in [1.165, 1.54) is 0 Å². The van der Waals surface area contributed by atoms with Crippen molar-refractivity contribution < 1.29 is 9.53 Å². The van der Waals surface area contributed by atoms with Gasteiger partial charge in [-0.05, 0) is 29.7 Å². The number of hydrogen-bond donors (Lipinski definition) is 1. The zero-order valence-corrected chi connectivity index (χ0v) is 17.3. The van der Waals surface area contributed by atoms with E-state index >= 15 is 0 Å². The normalized spacial score (nSPS) is 14.0. The SMILES string of the molecule is CCc1c(C(=O)NCc2ccnc(N3CCOCC3)c2)cnn1Cc1ccccc1. The number of hydrogen-bond acceptors (Lipinski definition) is 5. The third-order valence-electron chi connectivity index (χ3n) is 5.30. The molecule has 0 atom stereocenters. The number of carbonyl (C=O) groups is 1. The molecule has 1 aromatic carbocycles. The van der Waals surface area contributed by atoms with E-state index in [1.807, 2.05) is 41.9 Å². The molecule has 1 fully saturated rings. The van der Waals surface area contributed by atoms with Crippen molar-refractivity contribution in [3.8, 4) is 0 Å². The van der Waals surface area contributed by atoms with Gasteiger partial charge in [0, 0.05) is 25.8 Å². The van der Waals surface area contributed by atoms with Gasteiger partial charge in [0.15, 0.2) is 0 Å². The van der Waals surface area contributed by atoms with Crippen molar-refractivity contribution in [2.24, 2.45) is 0 Å². The highest BCUT2D eigenvalue weighted by atomic mass is 16.5. The summed E-state index contributed by atoms with van der Waals surface area (Å²) in [6.07, 6.45) is 4.20. The van der Waals surface area contributed by atoms with E-state index in [1.54, 1.807) is 12.4 Å². The maximum Gasteiger partial charge on any atom is 0.255 e. The summed E-state index contributed by atoms with van der Waals surface area (Å²) in [5, 5.41) is 7.49. The van der Waals surface area contributed by atoms with E-state index < -0.39 is 0 Å². The van der Waals surface area contributed by atoms with Gasteiger partial charge < -0.3 is 15.0 Å². The van der Waals surface area contributed by atoms with Crippen molar-refractivity contribution in [3.05, 3.63) is 77.2 Å². The van der Waals surface area contributed by atoms with Crippen LogP contribution in [0.15, 0.2) is 54.9 Å². The molecule has 1 amide bonds. The Morgan fingerprint density at radius 1 is 1.13 bits per heavy atom. The molecule has 156 valence electrons. The molecule has 1 N–H and O–H groups in total. The van der Waals surface area contributed by atoms with Gasteiger partial charge in [-0.15, -0.1) is 0 Å². The van der Waals surface area contributed by atoms with Crippen LogP contribution in [-0.4, -0.2) is 47.0 Å². The summed E-state index contributed by atoms with van der Waals surface area (Å²) in [7, 11) is 0. The van der Waals surface area contributed by atoms with Gasteiger partial charge in [-0.3, -0.25) is 9.48 Å². The molecule has 0 radical (unpaired) electrons. The highest BCUT2D eigenvalue weighted by molar-refractivity contribution is 5.95. The molecule has 0 bridgehead atoms. The zero-order valence-electron chi connectivity index (χ0n) is 17.3. The summed E-state index contributed by atoms with van der Waals surface area (Å²) in [4.78, 5) is 19.5. The fourth-order valence-electron chi connectivity index (χ4n) is 3.68. The lowest BCUT2D eigenvalue weighted by molar-refractivity contribution is 0.0950. The van der Waals surface area contributed by atoms with Gasteiger partial charge in [-0.25, -0.2) is 4.98 Å². The number of morpholine rings is 1. The first-order chi connectivity index (χ1) is 14.7. The number of carbonyl (C=O) groups excluding carboxylic acids is 1. The number of ether oxygens (including phenoxy) is 1. The van der Waals surface area contributed by atoms with Crippen LogP contribution in [0.5, 0.6) is 0 Å². The Balaban J connectivity index is 1.42. The Bertz CT molecular complexity index is 980. The first kappa shape index (κ1) is 20.1. The molecule has 0 spiro atoms. The molecule has 4 rings (SSSR count). The van der Waals surface area contributed by atoms with E-state index in [2.05, 4.69) is 32.4 Å². The van der Waals surface area contributed by atoms with Crippen molar-refractivity contribution in [1.82, 2.24) is 20.1 Å². The number of nitrogens with one attached hydrogen (secondary N) is 1. The molecule has 0 aliphatic carbocycles. The molecule has 30 heavy (non-hydrogen) atoms. The quantitative estimate of drug-likeness (QED) is 0.654. The standard InChI is InChI=1S/C23H27N5O2/c1-2-21-20(16-26-28(21)17-18-6-4-3-5-7-18)23(29)25-15-19-8-9-24-22(14-19)27-10-12-30-13-11-27/h3-9,14,16H,2,10-13,15,17H2,1H3,(H,25,29). The molecule has 1 saturated heterocycles. The van der Waals surface area contributed by atoms with Gasteiger partial charge in [0.1, 0.15) is 5.82 Å². The van der Waals surface area contributed by atoms with Crippen LogP contribution in [0.1, 0.15) is 34.1 Å². The molecule has 1 aliphatic heterocycles. The maximum absolute atomic E-state index is 12.8. The van der Waals surface area contributed by atoms with E-state index in [9.17, 15) is 4.79 Å². The predicted molar refractivity (Wildman–Crippen MR) is 116 cm³/mol. The topological polar surface area (TPSA) is 72.3 Å². The van der Waals surface area contributed by atoms with Crippen LogP contribution >= 0.6 is 0 Å². The molecule has 7 heteroatoms. The summed E-state index contributed by atoms with van der Waals surface area (Å²) >= 11 is 0. The van der Waals surface area contributed by atoms with Crippen molar-refractivity contribution >= 4 is 11.7 Å². The van der Waals surface area contributed by atoms with Crippen LogP contribution in [0.4, 0.5) is 5.82 Å². The van der Waals surface area contributed by atoms with Gasteiger partial charge >= 0.3 is 0 Å². The molecular formula is C23H27N5O2. The Labute approximate surface area is 176 Å². The summed E-state index contributed by atoms with van der Waals surface area (Å²) in [5.74, 6) is 0.825. The second-order valence-electron chi connectivity index (χ2n) is 7.31. The predicted octanol–water partition coefficient (Wildman–Crippen LogP) is 2.66. The maximum atomic E-state index is 12.8. The second-order valence-corrected chi connectivity index (χ2v) is 7.31. The van der Waals surface area contributed by atoms with Crippen molar-refractivity contribution in [2.45, 2.75) is 26.4 Å². The van der Waals surface area contributed by atoms with Gasteiger partial charge in [-0.1, -0.05) is 37.3 Å². The van der Waals surface area contributed by atoms with Gasteiger partial charge in [-0.2, -0.15) is 5.10 Å². The van der Waals surface area contributed by atoms with Crippen molar-refractivity contribution in [1.29, 1.82) is 0 Å².